The maximum Gasteiger partial charge on any atom is 0.271 e. The molecule has 1 saturated heterocycles. The van der Waals surface area contributed by atoms with E-state index < -0.39 is 0 Å². The Hall–Kier alpha value is -1.52. The van der Waals surface area contributed by atoms with Gasteiger partial charge in [0, 0.05) is 0 Å². The maximum absolute atomic E-state index is 11.0. The quantitative estimate of drug-likeness (QED) is 0.475. The van der Waals surface area contributed by atoms with Gasteiger partial charge in [-0.1, -0.05) is 0 Å². The molecular weight excluding hydrogens is 148 g/mol. The Labute approximate surface area is 62.6 Å². The van der Waals surface area contributed by atoms with Gasteiger partial charge in [-0.2, -0.15) is 0 Å². The molecule has 2 aliphatic heterocycles. The van der Waals surface area contributed by atoms with Crippen LogP contribution in [0.5, 0.6) is 0 Å². The molecule has 58 valence electrons. The van der Waals surface area contributed by atoms with Crippen molar-refractivity contribution in [2.45, 2.75) is 0 Å². The molecule has 0 saturated carbocycles. The fourth-order valence-corrected chi connectivity index (χ4v) is 1.05. The summed E-state index contributed by atoms with van der Waals surface area (Å²) in [7, 11) is 0. The zero-order chi connectivity index (χ0) is 7.84. The molecular formula is C6H6N2O3. The molecule has 0 aromatic carbocycles. The van der Waals surface area contributed by atoms with E-state index in [9.17, 15) is 9.59 Å². The summed E-state index contributed by atoms with van der Waals surface area (Å²) in [6.45, 7) is 0.237. The lowest BCUT2D eigenvalue weighted by Crippen LogP contribution is -2.48. The van der Waals surface area contributed by atoms with E-state index in [-0.39, 0.29) is 25.1 Å². The van der Waals surface area contributed by atoms with E-state index in [4.69, 9.17) is 4.74 Å². The molecule has 0 bridgehead atoms. The number of nitrogens with one attached hydrogen (secondary N) is 1. The Kier molecular flexibility index (Phi) is 1.12. The molecule has 5 nitrogen and oxygen atoms in total. The molecule has 0 aromatic rings. The first-order chi connectivity index (χ1) is 5.29. The van der Waals surface area contributed by atoms with Crippen molar-refractivity contribution >= 4 is 11.8 Å². The van der Waals surface area contributed by atoms with Gasteiger partial charge in [0.25, 0.3) is 5.91 Å². The lowest BCUT2D eigenvalue weighted by Gasteiger charge is -2.21. The monoisotopic (exact) mass is 154 g/mol. The van der Waals surface area contributed by atoms with E-state index in [0.29, 0.717) is 5.70 Å². The van der Waals surface area contributed by atoms with Crippen LogP contribution >= 0.6 is 0 Å². The molecule has 0 spiro atoms. The number of carbonyl (C=O) groups is 2. The predicted octanol–water partition coefficient (Wildman–Crippen LogP) is -1.23. The summed E-state index contributed by atoms with van der Waals surface area (Å²) >= 11 is 0. The largest absolute Gasteiger partial charge is 0.478 e. The second-order valence-corrected chi connectivity index (χ2v) is 2.30. The first kappa shape index (κ1) is 6.21. The van der Waals surface area contributed by atoms with Gasteiger partial charge in [-0.3, -0.25) is 14.5 Å². The summed E-state index contributed by atoms with van der Waals surface area (Å²) in [5.41, 5.74) is 0.307. The number of fused-ring (bicyclic) bond motifs is 1. The van der Waals surface area contributed by atoms with E-state index in [1.165, 1.54) is 11.2 Å². The zero-order valence-corrected chi connectivity index (χ0v) is 5.66. The molecule has 0 radical (unpaired) electrons. The second-order valence-electron chi connectivity index (χ2n) is 2.30. The Morgan fingerprint density at radius 2 is 2.36 bits per heavy atom. The standard InChI is InChI=1S/C6H6N2O3/c9-5-1-7-6(10)4-2-11-3-8(4)5/h2H,1,3H2,(H,7,10). The summed E-state index contributed by atoms with van der Waals surface area (Å²) in [4.78, 5) is 23.3. The lowest BCUT2D eigenvalue weighted by atomic mass is 10.3. The van der Waals surface area contributed by atoms with Crippen LogP contribution in [-0.4, -0.2) is 30.0 Å². The van der Waals surface area contributed by atoms with Crippen molar-refractivity contribution in [3.05, 3.63) is 12.0 Å². The summed E-state index contributed by atoms with van der Waals surface area (Å²) in [6, 6.07) is 0. The highest BCUT2D eigenvalue weighted by atomic mass is 16.5. The van der Waals surface area contributed by atoms with Crippen molar-refractivity contribution in [2.24, 2.45) is 0 Å². The van der Waals surface area contributed by atoms with Crippen molar-refractivity contribution < 1.29 is 14.3 Å². The van der Waals surface area contributed by atoms with Crippen LogP contribution in [-0.2, 0) is 14.3 Å². The average Bonchev–Trinajstić information content (AvgIpc) is 2.45. The van der Waals surface area contributed by atoms with Gasteiger partial charge in [0.15, 0.2) is 6.73 Å². The number of piperazine rings is 1. The molecule has 2 aliphatic rings. The van der Waals surface area contributed by atoms with Gasteiger partial charge in [0.2, 0.25) is 5.91 Å². The maximum atomic E-state index is 11.0. The fraction of sp³-hybridized carbons (Fsp3) is 0.333. The summed E-state index contributed by atoms with van der Waals surface area (Å²) in [6.07, 6.45) is 1.30. The van der Waals surface area contributed by atoms with E-state index in [2.05, 4.69) is 5.32 Å². The number of carbonyl (C=O) groups excluding carboxylic acids is 2. The normalized spacial score (nSPS) is 22.2. The summed E-state index contributed by atoms with van der Waals surface area (Å²) in [5, 5.41) is 2.42. The third-order valence-corrected chi connectivity index (χ3v) is 1.62. The first-order valence-electron chi connectivity index (χ1n) is 3.19. The minimum Gasteiger partial charge on any atom is -0.478 e. The van der Waals surface area contributed by atoms with Crippen LogP contribution in [0, 0.1) is 0 Å². The first-order valence-corrected chi connectivity index (χ1v) is 3.19. The highest BCUT2D eigenvalue weighted by molar-refractivity contribution is 6.03. The fourth-order valence-electron chi connectivity index (χ4n) is 1.05. The number of hydrogen-bond donors (Lipinski definition) is 1. The number of amides is 2. The highest BCUT2D eigenvalue weighted by Gasteiger charge is 2.32. The van der Waals surface area contributed by atoms with Gasteiger partial charge in [-0.25, -0.2) is 0 Å². The smallest absolute Gasteiger partial charge is 0.271 e. The van der Waals surface area contributed by atoms with E-state index in [1.807, 2.05) is 0 Å². The summed E-state index contributed by atoms with van der Waals surface area (Å²) < 4.78 is 4.81. The number of ether oxygens (including phenoxy) is 1. The van der Waals surface area contributed by atoms with Crippen LogP contribution in [0.1, 0.15) is 0 Å². The van der Waals surface area contributed by atoms with Crippen molar-refractivity contribution in [2.75, 3.05) is 13.3 Å². The Morgan fingerprint density at radius 1 is 1.55 bits per heavy atom. The van der Waals surface area contributed by atoms with Crippen LogP contribution in [0.2, 0.25) is 0 Å². The molecule has 1 fully saturated rings. The van der Waals surface area contributed by atoms with Gasteiger partial charge in [0.1, 0.15) is 12.0 Å². The number of rotatable bonds is 0. The average molecular weight is 154 g/mol. The van der Waals surface area contributed by atoms with Gasteiger partial charge in [-0.05, 0) is 0 Å². The summed E-state index contributed by atoms with van der Waals surface area (Å²) in [5.74, 6) is -0.379. The third kappa shape index (κ3) is 0.772. The van der Waals surface area contributed by atoms with Gasteiger partial charge in [-0.15, -0.1) is 0 Å². The third-order valence-electron chi connectivity index (χ3n) is 1.62. The molecule has 2 heterocycles. The molecule has 0 atom stereocenters. The highest BCUT2D eigenvalue weighted by Crippen LogP contribution is 2.15. The van der Waals surface area contributed by atoms with E-state index in [1.54, 1.807) is 0 Å². The molecule has 11 heavy (non-hydrogen) atoms. The van der Waals surface area contributed by atoms with E-state index in [0.717, 1.165) is 0 Å². The van der Waals surface area contributed by atoms with Crippen LogP contribution in [0.3, 0.4) is 0 Å². The molecule has 0 aliphatic carbocycles. The minimum absolute atomic E-state index is 0.0690. The zero-order valence-electron chi connectivity index (χ0n) is 5.66. The van der Waals surface area contributed by atoms with E-state index >= 15 is 0 Å². The number of hydrogen-bond acceptors (Lipinski definition) is 3. The van der Waals surface area contributed by atoms with Crippen molar-refractivity contribution in [1.29, 1.82) is 0 Å². The molecule has 1 N–H and O–H groups in total. The molecule has 0 aromatic heterocycles. The van der Waals surface area contributed by atoms with Gasteiger partial charge < -0.3 is 10.1 Å². The van der Waals surface area contributed by atoms with Crippen LogP contribution in [0.4, 0.5) is 0 Å². The van der Waals surface area contributed by atoms with Gasteiger partial charge in [0.05, 0.1) is 6.54 Å². The lowest BCUT2D eigenvalue weighted by molar-refractivity contribution is -0.137. The van der Waals surface area contributed by atoms with Crippen LogP contribution in [0.15, 0.2) is 12.0 Å². The van der Waals surface area contributed by atoms with Gasteiger partial charge >= 0.3 is 0 Å². The van der Waals surface area contributed by atoms with Crippen molar-refractivity contribution in [3.63, 3.8) is 0 Å². The Bertz CT molecular complexity index is 259. The topological polar surface area (TPSA) is 58.6 Å². The predicted molar refractivity (Wildman–Crippen MR) is 33.9 cm³/mol. The van der Waals surface area contributed by atoms with Crippen LogP contribution in [0.25, 0.3) is 0 Å². The molecule has 2 rings (SSSR count). The van der Waals surface area contributed by atoms with Crippen LogP contribution < -0.4 is 5.32 Å². The SMILES string of the molecule is O=C1NCC(=O)N2COC=C12. The minimum atomic E-state index is -0.248. The Balaban J connectivity index is 2.31. The molecule has 5 heteroatoms. The molecule has 2 amide bonds. The Morgan fingerprint density at radius 3 is 3.09 bits per heavy atom. The van der Waals surface area contributed by atoms with Crippen molar-refractivity contribution in [3.8, 4) is 0 Å². The number of nitrogens with zero attached hydrogens (tertiary/aromatic N) is 1. The second kappa shape index (κ2) is 1.98. The molecule has 0 unspecified atom stereocenters. The van der Waals surface area contributed by atoms with Crippen molar-refractivity contribution in [1.82, 2.24) is 10.2 Å².